The summed E-state index contributed by atoms with van der Waals surface area (Å²) in [4.78, 5) is 15.3. The molecule has 1 aromatic rings. The molecule has 2 rings (SSSR count). The third-order valence-corrected chi connectivity index (χ3v) is 3.19. The second-order valence-electron chi connectivity index (χ2n) is 4.24. The van der Waals surface area contributed by atoms with Crippen molar-refractivity contribution in [2.24, 2.45) is 0 Å². The molecule has 1 aliphatic rings. The van der Waals surface area contributed by atoms with Gasteiger partial charge in [0.2, 0.25) is 0 Å². The van der Waals surface area contributed by atoms with Crippen LogP contribution in [-0.2, 0) is 4.79 Å². The number of hydrogen-bond acceptors (Lipinski definition) is 3. The van der Waals surface area contributed by atoms with Crippen molar-refractivity contribution >= 4 is 11.6 Å². The monoisotopic (exact) mass is 204 g/mol. The minimum absolute atomic E-state index is 0.381. The van der Waals surface area contributed by atoms with E-state index >= 15 is 0 Å². The van der Waals surface area contributed by atoms with Gasteiger partial charge in [-0.15, -0.1) is 0 Å². The SMILES string of the molecule is Cc1ccnc(N)c1C1CCC(=O)CC1. The van der Waals surface area contributed by atoms with Crippen LogP contribution in [-0.4, -0.2) is 10.8 Å². The Morgan fingerprint density at radius 3 is 2.67 bits per heavy atom. The number of pyridine rings is 1. The first-order chi connectivity index (χ1) is 7.18. The summed E-state index contributed by atoms with van der Waals surface area (Å²) in [5.41, 5.74) is 8.24. The van der Waals surface area contributed by atoms with Crippen molar-refractivity contribution in [3.63, 3.8) is 0 Å². The molecular formula is C12H16N2O. The Morgan fingerprint density at radius 2 is 2.07 bits per heavy atom. The summed E-state index contributed by atoms with van der Waals surface area (Å²) in [5, 5.41) is 0. The average molecular weight is 204 g/mol. The predicted molar refractivity (Wildman–Crippen MR) is 59.6 cm³/mol. The molecule has 1 saturated carbocycles. The van der Waals surface area contributed by atoms with E-state index in [1.54, 1.807) is 6.20 Å². The van der Waals surface area contributed by atoms with Gasteiger partial charge in [-0.3, -0.25) is 4.79 Å². The Balaban J connectivity index is 2.26. The normalized spacial score (nSPS) is 18.1. The van der Waals surface area contributed by atoms with E-state index in [9.17, 15) is 4.79 Å². The van der Waals surface area contributed by atoms with Crippen LogP contribution in [0.15, 0.2) is 12.3 Å². The summed E-state index contributed by atoms with van der Waals surface area (Å²) in [7, 11) is 0. The van der Waals surface area contributed by atoms with Crippen molar-refractivity contribution in [3.05, 3.63) is 23.4 Å². The highest BCUT2D eigenvalue weighted by Gasteiger charge is 2.23. The van der Waals surface area contributed by atoms with E-state index in [1.807, 2.05) is 6.07 Å². The molecule has 0 radical (unpaired) electrons. The number of aryl methyl sites for hydroxylation is 1. The van der Waals surface area contributed by atoms with E-state index in [0.717, 1.165) is 18.4 Å². The molecule has 0 aliphatic heterocycles. The molecule has 0 unspecified atom stereocenters. The zero-order valence-corrected chi connectivity index (χ0v) is 8.99. The van der Waals surface area contributed by atoms with Gasteiger partial charge in [-0.1, -0.05) is 0 Å². The van der Waals surface area contributed by atoms with Crippen LogP contribution in [0, 0.1) is 6.92 Å². The zero-order valence-electron chi connectivity index (χ0n) is 8.99. The Bertz CT molecular complexity index is 357. The number of carbonyl (C=O) groups is 1. The Kier molecular flexibility index (Phi) is 2.71. The van der Waals surface area contributed by atoms with Gasteiger partial charge in [-0.05, 0) is 37.3 Å². The van der Waals surface area contributed by atoms with Crippen molar-refractivity contribution in [2.75, 3.05) is 5.73 Å². The molecule has 3 heteroatoms. The lowest BCUT2D eigenvalue weighted by molar-refractivity contribution is -0.120. The summed E-state index contributed by atoms with van der Waals surface area (Å²) < 4.78 is 0. The first-order valence-electron chi connectivity index (χ1n) is 5.41. The number of rotatable bonds is 1. The summed E-state index contributed by atoms with van der Waals surface area (Å²) in [6.07, 6.45) is 4.98. The van der Waals surface area contributed by atoms with E-state index in [1.165, 1.54) is 5.56 Å². The van der Waals surface area contributed by atoms with E-state index in [0.29, 0.717) is 30.4 Å². The maximum absolute atomic E-state index is 11.2. The molecule has 3 nitrogen and oxygen atoms in total. The second kappa shape index (κ2) is 4.01. The first kappa shape index (κ1) is 10.1. The van der Waals surface area contributed by atoms with E-state index in [4.69, 9.17) is 5.73 Å². The number of nitrogens with zero attached hydrogens (tertiary/aromatic N) is 1. The van der Waals surface area contributed by atoms with Crippen LogP contribution in [0.25, 0.3) is 0 Å². The fourth-order valence-corrected chi connectivity index (χ4v) is 2.35. The minimum Gasteiger partial charge on any atom is -0.383 e. The average Bonchev–Trinajstić information content (AvgIpc) is 2.20. The molecular weight excluding hydrogens is 188 g/mol. The van der Waals surface area contributed by atoms with Gasteiger partial charge in [-0.25, -0.2) is 4.98 Å². The molecule has 15 heavy (non-hydrogen) atoms. The van der Waals surface area contributed by atoms with Crippen LogP contribution in [0.5, 0.6) is 0 Å². The predicted octanol–water partition coefficient (Wildman–Crippen LogP) is 2.20. The highest BCUT2D eigenvalue weighted by Crippen LogP contribution is 2.35. The first-order valence-corrected chi connectivity index (χ1v) is 5.41. The summed E-state index contributed by atoms with van der Waals surface area (Å²) in [6.45, 7) is 2.06. The Hall–Kier alpha value is -1.38. The summed E-state index contributed by atoms with van der Waals surface area (Å²) in [6, 6.07) is 1.99. The van der Waals surface area contributed by atoms with E-state index < -0.39 is 0 Å². The maximum atomic E-state index is 11.2. The van der Waals surface area contributed by atoms with Gasteiger partial charge in [0.05, 0.1) is 0 Å². The van der Waals surface area contributed by atoms with Gasteiger partial charge in [0, 0.05) is 24.6 Å². The smallest absolute Gasteiger partial charge is 0.132 e. The van der Waals surface area contributed by atoms with Crippen LogP contribution < -0.4 is 5.73 Å². The lowest BCUT2D eigenvalue weighted by atomic mass is 9.82. The highest BCUT2D eigenvalue weighted by atomic mass is 16.1. The van der Waals surface area contributed by atoms with Crippen LogP contribution in [0.1, 0.15) is 42.7 Å². The third kappa shape index (κ3) is 2.01. The molecule has 0 spiro atoms. The van der Waals surface area contributed by atoms with Crippen LogP contribution in [0.4, 0.5) is 5.82 Å². The zero-order chi connectivity index (χ0) is 10.8. The topological polar surface area (TPSA) is 56.0 Å². The number of carbonyl (C=O) groups excluding carboxylic acids is 1. The van der Waals surface area contributed by atoms with Crippen LogP contribution in [0.2, 0.25) is 0 Å². The lowest BCUT2D eigenvalue weighted by Gasteiger charge is -2.23. The van der Waals surface area contributed by atoms with Crippen LogP contribution >= 0.6 is 0 Å². The molecule has 1 heterocycles. The number of aromatic nitrogens is 1. The molecule has 0 saturated heterocycles. The molecule has 0 amide bonds. The maximum Gasteiger partial charge on any atom is 0.132 e. The van der Waals surface area contributed by atoms with Crippen molar-refractivity contribution in [2.45, 2.75) is 38.5 Å². The molecule has 2 N–H and O–H groups in total. The molecule has 1 aliphatic carbocycles. The van der Waals surface area contributed by atoms with Crippen molar-refractivity contribution < 1.29 is 4.79 Å². The third-order valence-electron chi connectivity index (χ3n) is 3.19. The van der Waals surface area contributed by atoms with Gasteiger partial charge in [0.25, 0.3) is 0 Å². The van der Waals surface area contributed by atoms with Gasteiger partial charge in [0.15, 0.2) is 0 Å². The van der Waals surface area contributed by atoms with Gasteiger partial charge in [-0.2, -0.15) is 0 Å². The quantitative estimate of drug-likeness (QED) is 0.763. The van der Waals surface area contributed by atoms with Crippen molar-refractivity contribution in [1.82, 2.24) is 4.98 Å². The standard InChI is InChI=1S/C12H16N2O/c1-8-6-7-14-12(13)11(8)9-2-4-10(15)5-3-9/h6-7,9H,2-5H2,1H3,(H2,13,14). The summed E-state index contributed by atoms with van der Waals surface area (Å²) >= 11 is 0. The van der Waals surface area contributed by atoms with Gasteiger partial charge < -0.3 is 5.73 Å². The fourth-order valence-electron chi connectivity index (χ4n) is 2.35. The number of anilines is 1. The number of Topliss-reactive ketones (excluding diaryl/α,β-unsaturated/α-hetero) is 1. The molecule has 80 valence electrons. The molecule has 1 fully saturated rings. The van der Waals surface area contributed by atoms with Gasteiger partial charge in [0.1, 0.15) is 11.6 Å². The Morgan fingerprint density at radius 1 is 1.40 bits per heavy atom. The van der Waals surface area contributed by atoms with Crippen molar-refractivity contribution in [3.8, 4) is 0 Å². The largest absolute Gasteiger partial charge is 0.383 e. The fraction of sp³-hybridized carbons (Fsp3) is 0.500. The summed E-state index contributed by atoms with van der Waals surface area (Å²) in [5.74, 6) is 1.44. The second-order valence-corrected chi connectivity index (χ2v) is 4.24. The highest BCUT2D eigenvalue weighted by molar-refractivity contribution is 5.79. The van der Waals surface area contributed by atoms with Gasteiger partial charge >= 0.3 is 0 Å². The molecule has 1 aromatic heterocycles. The molecule has 0 bridgehead atoms. The minimum atomic E-state index is 0.381. The Labute approximate surface area is 89.7 Å². The van der Waals surface area contributed by atoms with Crippen LogP contribution in [0.3, 0.4) is 0 Å². The lowest BCUT2D eigenvalue weighted by Crippen LogP contribution is -2.15. The number of ketones is 1. The van der Waals surface area contributed by atoms with E-state index in [-0.39, 0.29) is 0 Å². The molecule has 0 atom stereocenters. The van der Waals surface area contributed by atoms with E-state index in [2.05, 4.69) is 11.9 Å². The number of nitrogen functional groups attached to an aromatic ring is 1. The number of hydrogen-bond donors (Lipinski definition) is 1. The number of nitrogens with two attached hydrogens (primary N) is 1. The molecule has 0 aromatic carbocycles. The van der Waals surface area contributed by atoms with Crippen molar-refractivity contribution in [1.29, 1.82) is 0 Å².